The van der Waals surface area contributed by atoms with Crippen molar-refractivity contribution in [3.8, 4) is 11.3 Å². The van der Waals surface area contributed by atoms with Gasteiger partial charge >= 0.3 is 0 Å². The molecule has 4 rings (SSSR count). The van der Waals surface area contributed by atoms with Crippen molar-refractivity contribution in [2.75, 3.05) is 0 Å². The van der Waals surface area contributed by atoms with Crippen molar-refractivity contribution in [3.05, 3.63) is 77.8 Å². The molecule has 134 valence electrons. The van der Waals surface area contributed by atoms with Crippen molar-refractivity contribution in [2.24, 2.45) is 0 Å². The highest BCUT2D eigenvalue weighted by Gasteiger charge is 2.36. The zero-order valence-electron chi connectivity index (χ0n) is 13.6. The fraction of sp³-hybridized carbons (Fsp3) is 0.158. The predicted molar refractivity (Wildman–Crippen MR) is 93.3 cm³/mol. The molecular weight excluding hydrogens is 357 g/mol. The van der Waals surface area contributed by atoms with Gasteiger partial charge in [-0.2, -0.15) is 0 Å². The summed E-state index contributed by atoms with van der Waals surface area (Å²) in [7, 11) is -3.69. The van der Waals surface area contributed by atoms with Crippen LogP contribution >= 0.6 is 0 Å². The van der Waals surface area contributed by atoms with Crippen LogP contribution in [0.2, 0.25) is 0 Å². The Balaban J connectivity index is 1.60. The molecule has 0 spiro atoms. The minimum Gasteiger partial charge on any atom is -0.461 e. The van der Waals surface area contributed by atoms with E-state index in [0.717, 1.165) is 0 Å². The summed E-state index contributed by atoms with van der Waals surface area (Å²) in [6.45, 7) is 0. The van der Waals surface area contributed by atoms with E-state index in [2.05, 4.69) is 4.72 Å². The molecule has 0 aliphatic carbocycles. The minimum atomic E-state index is -3.69. The van der Waals surface area contributed by atoms with E-state index in [4.69, 9.17) is 4.42 Å². The first kappa shape index (κ1) is 17.0. The molecule has 0 unspecified atom stereocenters. The van der Waals surface area contributed by atoms with Gasteiger partial charge in [-0.15, -0.1) is 0 Å². The van der Waals surface area contributed by atoms with Crippen LogP contribution in [0.1, 0.15) is 17.4 Å². The Labute approximate surface area is 150 Å². The summed E-state index contributed by atoms with van der Waals surface area (Å²) in [5, 5.41) is 10.6. The average molecular weight is 373 g/mol. The Morgan fingerprint density at radius 1 is 1.04 bits per heavy atom. The molecule has 0 fully saturated rings. The topological polar surface area (TPSA) is 79.5 Å². The summed E-state index contributed by atoms with van der Waals surface area (Å²) >= 11 is 0. The van der Waals surface area contributed by atoms with Crippen LogP contribution in [-0.2, 0) is 16.4 Å². The second-order valence-corrected chi connectivity index (χ2v) is 7.87. The molecule has 26 heavy (non-hydrogen) atoms. The third-order valence-corrected chi connectivity index (χ3v) is 5.99. The van der Waals surface area contributed by atoms with E-state index < -0.39 is 22.2 Å². The van der Waals surface area contributed by atoms with Crippen LogP contribution in [0.4, 0.5) is 4.39 Å². The van der Waals surface area contributed by atoms with Gasteiger partial charge in [-0.05, 0) is 42.5 Å². The quantitative estimate of drug-likeness (QED) is 0.740. The maximum absolute atomic E-state index is 13.0. The molecule has 1 aromatic heterocycles. The lowest BCUT2D eigenvalue weighted by molar-refractivity contribution is 0.129. The van der Waals surface area contributed by atoms with Crippen LogP contribution in [-0.4, -0.2) is 19.6 Å². The first-order valence-electron chi connectivity index (χ1n) is 8.08. The van der Waals surface area contributed by atoms with Gasteiger partial charge in [0.25, 0.3) is 0 Å². The molecule has 0 bridgehead atoms. The molecule has 0 amide bonds. The molecule has 2 heterocycles. The fourth-order valence-corrected chi connectivity index (χ4v) is 4.64. The number of fused-ring (bicyclic) bond motifs is 1. The van der Waals surface area contributed by atoms with Crippen molar-refractivity contribution in [1.82, 2.24) is 4.72 Å². The third kappa shape index (κ3) is 3.05. The Kier molecular flexibility index (Phi) is 4.14. The second kappa shape index (κ2) is 6.35. The van der Waals surface area contributed by atoms with Gasteiger partial charge in [0, 0.05) is 17.5 Å². The first-order valence-corrected chi connectivity index (χ1v) is 9.56. The van der Waals surface area contributed by atoms with Crippen molar-refractivity contribution >= 4 is 10.0 Å². The number of rotatable bonds is 3. The summed E-state index contributed by atoms with van der Waals surface area (Å²) < 4.78 is 46.1. The highest BCUT2D eigenvalue weighted by Crippen LogP contribution is 2.32. The van der Waals surface area contributed by atoms with Crippen LogP contribution in [0, 0.1) is 5.82 Å². The maximum Gasteiger partial charge on any atom is 0.241 e. The van der Waals surface area contributed by atoms with E-state index in [0.29, 0.717) is 22.6 Å². The molecule has 2 N–H and O–H groups in total. The zero-order valence-corrected chi connectivity index (χ0v) is 14.4. The highest BCUT2D eigenvalue weighted by molar-refractivity contribution is 7.89. The Morgan fingerprint density at radius 3 is 2.54 bits per heavy atom. The molecule has 0 radical (unpaired) electrons. The molecule has 7 heteroatoms. The molecular formula is C19H16FNO4S. The lowest BCUT2D eigenvalue weighted by Gasteiger charge is -2.30. The number of furan rings is 1. The minimum absolute atomic E-state index is 0.0928. The number of hydrogen-bond acceptors (Lipinski definition) is 4. The van der Waals surface area contributed by atoms with Crippen molar-refractivity contribution in [2.45, 2.75) is 23.5 Å². The van der Waals surface area contributed by atoms with Crippen LogP contribution in [0.15, 0.2) is 70.0 Å². The van der Waals surface area contributed by atoms with E-state index in [1.165, 1.54) is 18.2 Å². The molecule has 3 aromatic rings. The summed E-state index contributed by atoms with van der Waals surface area (Å²) in [5.74, 6) is 0.739. The predicted octanol–water partition coefficient (Wildman–Crippen LogP) is 3.02. The van der Waals surface area contributed by atoms with Crippen LogP contribution < -0.4 is 4.72 Å². The SMILES string of the molecule is O=S1(=O)N[C@@H](Cc2ccc(-c3ccc(F)cc3)o2)[C@H](O)c2ccccc21. The summed E-state index contributed by atoms with van der Waals surface area (Å²) in [5.41, 5.74) is 1.09. The molecule has 1 aliphatic rings. The first-order chi connectivity index (χ1) is 12.4. The number of aliphatic hydroxyl groups excluding tert-OH is 1. The number of nitrogens with one attached hydrogen (secondary N) is 1. The smallest absolute Gasteiger partial charge is 0.241 e. The lowest BCUT2D eigenvalue weighted by atomic mass is 9.99. The highest BCUT2D eigenvalue weighted by atomic mass is 32.2. The number of sulfonamides is 1. The van der Waals surface area contributed by atoms with E-state index in [1.54, 1.807) is 42.5 Å². The Hall–Kier alpha value is -2.48. The van der Waals surface area contributed by atoms with Gasteiger partial charge in [0.05, 0.1) is 17.0 Å². The zero-order chi connectivity index (χ0) is 18.3. The van der Waals surface area contributed by atoms with E-state index >= 15 is 0 Å². The standard InChI is InChI=1S/C19H16FNO4S/c20-13-7-5-12(6-8-13)17-10-9-14(25-17)11-16-19(22)15-3-1-2-4-18(15)26(23,24)21-16/h1-10,16,19,21-22H,11H2/t16-,19+/m0/s1. The summed E-state index contributed by atoms with van der Waals surface area (Å²) in [6, 6.07) is 15.0. The van der Waals surface area contributed by atoms with Gasteiger partial charge in [-0.25, -0.2) is 17.5 Å². The van der Waals surface area contributed by atoms with Crippen molar-refractivity contribution < 1.29 is 22.3 Å². The number of hydrogen-bond donors (Lipinski definition) is 2. The molecule has 2 atom stereocenters. The third-order valence-electron chi connectivity index (χ3n) is 4.43. The van der Waals surface area contributed by atoms with Crippen molar-refractivity contribution in [3.63, 3.8) is 0 Å². The van der Waals surface area contributed by atoms with Crippen LogP contribution in [0.5, 0.6) is 0 Å². The van der Waals surface area contributed by atoms with E-state index in [-0.39, 0.29) is 17.1 Å². The molecule has 0 saturated heterocycles. The lowest BCUT2D eigenvalue weighted by Crippen LogP contribution is -2.45. The largest absolute Gasteiger partial charge is 0.461 e. The Bertz CT molecular complexity index is 1040. The molecule has 2 aromatic carbocycles. The monoisotopic (exact) mass is 373 g/mol. The van der Waals surface area contributed by atoms with Crippen LogP contribution in [0.25, 0.3) is 11.3 Å². The number of aliphatic hydroxyl groups is 1. The summed E-state index contributed by atoms with van der Waals surface area (Å²) in [6.07, 6.45) is -0.787. The molecule has 0 saturated carbocycles. The van der Waals surface area contributed by atoms with E-state index in [1.807, 2.05) is 0 Å². The molecule has 1 aliphatic heterocycles. The number of benzene rings is 2. The molecule has 5 nitrogen and oxygen atoms in total. The van der Waals surface area contributed by atoms with Gasteiger partial charge in [0.1, 0.15) is 17.3 Å². The maximum atomic E-state index is 13.0. The van der Waals surface area contributed by atoms with E-state index in [9.17, 15) is 17.9 Å². The van der Waals surface area contributed by atoms with Gasteiger partial charge < -0.3 is 9.52 Å². The van der Waals surface area contributed by atoms with Crippen LogP contribution in [0.3, 0.4) is 0 Å². The summed E-state index contributed by atoms with van der Waals surface area (Å²) in [4.78, 5) is 0.0928. The van der Waals surface area contributed by atoms with Crippen molar-refractivity contribution in [1.29, 1.82) is 0 Å². The fourth-order valence-electron chi connectivity index (χ4n) is 3.14. The second-order valence-electron chi connectivity index (χ2n) is 6.19. The number of halogens is 1. The average Bonchev–Trinajstić information content (AvgIpc) is 3.08. The van der Waals surface area contributed by atoms with Gasteiger partial charge in [0.15, 0.2) is 0 Å². The van der Waals surface area contributed by atoms with Gasteiger partial charge in [0.2, 0.25) is 10.0 Å². The normalized spacial score (nSPS) is 21.3. The van der Waals surface area contributed by atoms with Gasteiger partial charge in [-0.3, -0.25) is 0 Å². The van der Waals surface area contributed by atoms with Gasteiger partial charge in [-0.1, -0.05) is 18.2 Å². The Morgan fingerprint density at radius 2 is 1.77 bits per heavy atom.